The minimum Gasteiger partial charge on any atom is -0.324 e. The third-order valence-corrected chi connectivity index (χ3v) is 2.55. The SMILES string of the molecule is NC1C=CC=C2CNCCC21. The highest BCUT2D eigenvalue weighted by Crippen LogP contribution is 2.24. The normalized spacial score (nSPS) is 36.3. The molecule has 2 unspecified atom stereocenters. The molecule has 0 spiro atoms. The fraction of sp³-hybridized carbons (Fsp3) is 0.556. The summed E-state index contributed by atoms with van der Waals surface area (Å²) in [5.41, 5.74) is 7.41. The molecule has 1 fully saturated rings. The van der Waals surface area contributed by atoms with E-state index in [9.17, 15) is 0 Å². The molecule has 1 saturated heterocycles. The Morgan fingerprint density at radius 1 is 1.55 bits per heavy atom. The fourth-order valence-corrected chi connectivity index (χ4v) is 1.87. The van der Waals surface area contributed by atoms with Gasteiger partial charge in [0.15, 0.2) is 0 Å². The van der Waals surface area contributed by atoms with Gasteiger partial charge in [0.25, 0.3) is 0 Å². The summed E-state index contributed by atoms with van der Waals surface area (Å²) in [6.45, 7) is 2.15. The Kier molecular flexibility index (Phi) is 1.80. The Morgan fingerprint density at radius 3 is 3.27 bits per heavy atom. The number of allylic oxidation sites excluding steroid dienone is 2. The first kappa shape index (κ1) is 7.07. The highest BCUT2D eigenvalue weighted by Gasteiger charge is 2.24. The van der Waals surface area contributed by atoms with Crippen LogP contribution >= 0.6 is 0 Å². The van der Waals surface area contributed by atoms with Crippen LogP contribution < -0.4 is 11.1 Å². The standard InChI is InChI=1S/C9H14N2/c10-9-3-1-2-7-6-11-5-4-8(7)9/h1-3,8-9,11H,4-6,10H2. The van der Waals surface area contributed by atoms with Gasteiger partial charge in [0.1, 0.15) is 0 Å². The molecule has 2 nitrogen and oxygen atoms in total. The second-order valence-corrected chi connectivity index (χ2v) is 3.28. The minimum atomic E-state index is 0.261. The van der Waals surface area contributed by atoms with Gasteiger partial charge in [0, 0.05) is 18.5 Å². The second-order valence-electron chi connectivity index (χ2n) is 3.28. The molecular formula is C9H14N2. The van der Waals surface area contributed by atoms with Crippen molar-refractivity contribution in [2.75, 3.05) is 13.1 Å². The van der Waals surface area contributed by atoms with Crippen LogP contribution in [0.3, 0.4) is 0 Å². The fourth-order valence-electron chi connectivity index (χ4n) is 1.87. The van der Waals surface area contributed by atoms with Gasteiger partial charge in [-0.05, 0) is 13.0 Å². The predicted octanol–water partition coefficient (Wildman–Crippen LogP) is 0.419. The van der Waals surface area contributed by atoms with Gasteiger partial charge >= 0.3 is 0 Å². The molecule has 2 rings (SSSR count). The zero-order valence-electron chi connectivity index (χ0n) is 6.59. The van der Waals surface area contributed by atoms with Crippen molar-refractivity contribution in [2.24, 2.45) is 11.7 Å². The summed E-state index contributed by atoms with van der Waals surface area (Å²) in [5.74, 6) is 0.612. The Balaban J connectivity index is 2.18. The lowest BCUT2D eigenvalue weighted by atomic mass is 9.83. The summed E-state index contributed by atoms with van der Waals surface area (Å²) >= 11 is 0. The molecule has 0 amide bonds. The predicted molar refractivity (Wildman–Crippen MR) is 46.2 cm³/mol. The largest absolute Gasteiger partial charge is 0.324 e. The van der Waals surface area contributed by atoms with E-state index >= 15 is 0 Å². The third kappa shape index (κ3) is 1.24. The summed E-state index contributed by atoms with van der Waals surface area (Å²) in [6.07, 6.45) is 7.56. The van der Waals surface area contributed by atoms with E-state index < -0.39 is 0 Å². The minimum absolute atomic E-state index is 0.261. The van der Waals surface area contributed by atoms with E-state index in [4.69, 9.17) is 5.73 Å². The van der Waals surface area contributed by atoms with E-state index in [-0.39, 0.29) is 6.04 Å². The lowest BCUT2D eigenvalue weighted by Gasteiger charge is -2.31. The van der Waals surface area contributed by atoms with E-state index in [0.717, 1.165) is 13.1 Å². The topological polar surface area (TPSA) is 38.0 Å². The highest BCUT2D eigenvalue weighted by atomic mass is 14.9. The maximum atomic E-state index is 5.93. The number of fused-ring (bicyclic) bond motifs is 1. The van der Waals surface area contributed by atoms with Gasteiger partial charge in [-0.15, -0.1) is 0 Å². The molecular weight excluding hydrogens is 136 g/mol. The monoisotopic (exact) mass is 150 g/mol. The first-order valence-corrected chi connectivity index (χ1v) is 4.21. The molecule has 1 aliphatic heterocycles. The number of nitrogens with two attached hydrogens (primary N) is 1. The number of hydrogen-bond donors (Lipinski definition) is 2. The van der Waals surface area contributed by atoms with Crippen LogP contribution in [-0.2, 0) is 0 Å². The van der Waals surface area contributed by atoms with Gasteiger partial charge in [0.2, 0.25) is 0 Å². The zero-order valence-corrected chi connectivity index (χ0v) is 6.59. The van der Waals surface area contributed by atoms with Crippen molar-refractivity contribution in [3.63, 3.8) is 0 Å². The van der Waals surface area contributed by atoms with Gasteiger partial charge in [0.05, 0.1) is 0 Å². The van der Waals surface area contributed by atoms with Gasteiger partial charge in [-0.25, -0.2) is 0 Å². The zero-order chi connectivity index (χ0) is 7.68. The third-order valence-electron chi connectivity index (χ3n) is 2.55. The van der Waals surface area contributed by atoms with E-state index in [0.29, 0.717) is 5.92 Å². The van der Waals surface area contributed by atoms with Crippen LogP contribution in [0.1, 0.15) is 6.42 Å². The van der Waals surface area contributed by atoms with Gasteiger partial charge in [-0.3, -0.25) is 0 Å². The lowest BCUT2D eigenvalue weighted by molar-refractivity contribution is 0.429. The van der Waals surface area contributed by atoms with Crippen LogP contribution in [0.15, 0.2) is 23.8 Å². The van der Waals surface area contributed by atoms with Gasteiger partial charge in [-0.2, -0.15) is 0 Å². The average molecular weight is 150 g/mol. The molecule has 1 aliphatic carbocycles. The molecule has 3 N–H and O–H groups in total. The van der Waals surface area contributed by atoms with Gasteiger partial charge < -0.3 is 11.1 Å². The summed E-state index contributed by atoms with van der Waals surface area (Å²) in [7, 11) is 0. The molecule has 2 atom stereocenters. The molecule has 0 saturated carbocycles. The van der Waals surface area contributed by atoms with Crippen molar-refractivity contribution in [3.05, 3.63) is 23.8 Å². The van der Waals surface area contributed by atoms with Crippen LogP contribution in [0.2, 0.25) is 0 Å². The van der Waals surface area contributed by atoms with Crippen molar-refractivity contribution >= 4 is 0 Å². The average Bonchev–Trinajstić information content (AvgIpc) is 2.06. The molecule has 60 valence electrons. The van der Waals surface area contributed by atoms with Crippen LogP contribution in [0.5, 0.6) is 0 Å². The molecule has 0 aromatic heterocycles. The molecule has 0 aromatic carbocycles. The lowest BCUT2D eigenvalue weighted by Crippen LogP contribution is -2.40. The Hall–Kier alpha value is -0.600. The Labute approximate surface area is 67.2 Å². The summed E-state index contributed by atoms with van der Waals surface area (Å²) in [4.78, 5) is 0. The Bertz CT molecular complexity index is 206. The van der Waals surface area contributed by atoms with Crippen molar-refractivity contribution in [1.82, 2.24) is 5.32 Å². The summed E-state index contributed by atoms with van der Waals surface area (Å²) in [6, 6.07) is 0.261. The quantitative estimate of drug-likeness (QED) is 0.525. The van der Waals surface area contributed by atoms with Crippen molar-refractivity contribution < 1.29 is 0 Å². The van der Waals surface area contributed by atoms with Crippen molar-refractivity contribution in [3.8, 4) is 0 Å². The van der Waals surface area contributed by atoms with Crippen molar-refractivity contribution in [1.29, 1.82) is 0 Å². The second kappa shape index (κ2) is 2.80. The van der Waals surface area contributed by atoms with Crippen molar-refractivity contribution in [2.45, 2.75) is 12.5 Å². The van der Waals surface area contributed by atoms with Crippen LogP contribution in [-0.4, -0.2) is 19.1 Å². The highest BCUT2D eigenvalue weighted by molar-refractivity contribution is 5.27. The molecule has 11 heavy (non-hydrogen) atoms. The Morgan fingerprint density at radius 2 is 2.45 bits per heavy atom. The maximum absolute atomic E-state index is 5.93. The molecule has 2 aliphatic rings. The smallest absolute Gasteiger partial charge is 0.0294 e. The summed E-state index contributed by atoms with van der Waals surface area (Å²) in [5, 5.41) is 3.35. The van der Waals surface area contributed by atoms with E-state index in [2.05, 4.69) is 23.5 Å². The van der Waals surface area contributed by atoms with E-state index in [1.54, 1.807) is 0 Å². The van der Waals surface area contributed by atoms with E-state index in [1.165, 1.54) is 12.0 Å². The number of rotatable bonds is 0. The number of piperidine rings is 1. The molecule has 2 heteroatoms. The molecule has 0 radical (unpaired) electrons. The first-order valence-electron chi connectivity index (χ1n) is 4.21. The van der Waals surface area contributed by atoms with Gasteiger partial charge in [-0.1, -0.05) is 23.8 Å². The maximum Gasteiger partial charge on any atom is 0.0294 e. The van der Waals surface area contributed by atoms with Crippen LogP contribution in [0.4, 0.5) is 0 Å². The molecule has 1 heterocycles. The molecule has 0 aromatic rings. The van der Waals surface area contributed by atoms with Crippen LogP contribution in [0.25, 0.3) is 0 Å². The van der Waals surface area contributed by atoms with E-state index in [1.807, 2.05) is 0 Å². The number of nitrogens with one attached hydrogen (secondary N) is 1. The number of hydrogen-bond acceptors (Lipinski definition) is 2. The molecule has 0 bridgehead atoms. The summed E-state index contributed by atoms with van der Waals surface area (Å²) < 4.78 is 0. The van der Waals surface area contributed by atoms with Crippen LogP contribution in [0, 0.1) is 5.92 Å². The first-order chi connectivity index (χ1) is 5.38.